The Hall–Kier alpha value is -3.34. The monoisotopic (exact) mass is 471 g/mol. The second kappa shape index (κ2) is 10.7. The van der Waals surface area contributed by atoms with E-state index < -0.39 is 23.6 Å². The van der Waals surface area contributed by atoms with Gasteiger partial charge in [0.05, 0.1) is 44.1 Å². The number of amides is 1. The van der Waals surface area contributed by atoms with Crippen molar-refractivity contribution in [3.8, 4) is 11.5 Å². The van der Waals surface area contributed by atoms with Crippen molar-refractivity contribution >= 4 is 23.1 Å². The Bertz CT molecular complexity index is 1100. The van der Waals surface area contributed by atoms with Gasteiger partial charge in [-0.1, -0.05) is 12.1 Å². The number of nitrogens with one attached hydrogen (secondary N) is 1. The molecule has 3 N–H and O–H groups in total. The highest BCUT2D eigenvalue weighted by molar-refractivity contribution is 6.44. The topological polar surface area (TPSA) is 121 Å². The van der Waals surface area contributed by atoms with Crippen molar-refractivity contribution in [2.24, 2.45) is 10.7 Å². The van der Waals surface area contributed by atoms with Gasteiger partial charge < -0.3 is 30.0 Å². The van der Waals surface area contributed by atoms with Gasteiger partial charge in [-0.3, -0.25) is 9.59 Å². The van der Waals surface area contributed by atoms with Crippen LogP contribution in [-0.4, -0.2) is 63.1 Å². The SMILES string of the molecule is COc1cccc(CNC(=O)C2=Nc3ccc(F)c(OC[C@@H]4CO[C@@H](CN)CO4)c3C(=O)C2)c1. The average Bonchev–Trinajstić information content (AvgIpc) is 2.87. The van der Waals surface area contributed by atoms with E-state index in [9.17, 15) is 14.0 Å². The maximum Gasteiger partial charge on any atom is 0.266 e. The van der Waals surface area contributed by atoms with E-state index in [2.05, 4.69) is 10.3 Å². The fourth-order valence-corrected chi connectivity index (χ4v) is 3.67. The van der Waals surface area contributed by atoms with Crippen LogP contribution < -0.4 is 20.5 Å². The van der Waals surface area contributed by atoms with Gasteiger partial charge in [-0.2, -0.15) is 0 Å². The van der Waals surface area contributed by atoms with Gasteiger partial charge in [-0.05, 0) is 29.8 Å². The van der Waals surface area contributed by atoms with Gasteiger partial charge in [-0.15, -0.1) is 0 Å². The molecule has 9 nitrogen and oxygen atoms in total. The molecule has 1 amide bonds. The minimum atomic E-state index is -0.690. The third kappa shape index (κ3) is 5.41. The Morgan fingerprint density at radius 3 is 2.76 bits per heavy atom. The predicted molar refractivity (Wildman–Crippen MR) is 121 cm³/mol. The van der Waals surface area contributed by atoms with Crippen LogP contribution in [0.2, 0.25) is 0 Å². The van der Waals surface area contributed by atoms with E-state index in [1.165, 1.54) is 6.07 Å². The second-order valence-electron chi connectivity index (χ2n) is 7.92. The lowest BCUT2D eigenvalue weighted by Gasteiger charge is -2.29. The molecule has 0 aromatic heterocycles. The van der Waals surface area contributed by atoms with Gasteiger partial charge in [0, 0.05) is 13.1 Å². The number of nitrogens with two attached hydrogens (primary N) is 1. The second-order valence-corrected chi connectivity index (χ2v) is 7.92. The van der Waals surface area contributed by atoms with E-state index >= 15 is 0 Å². The van der Waals surface area contributed by atoms with Crippen LogP contribution >= 0.6 is 0 Å². The molecule has 2 aromatic rings. The van der Waals surface area contributed by atoms with Crippen molar-refractivity contribution in [1.29, 1.82) is 0 Å². The first-order valence-electron chi connectivity index (χ1n) is 10.9. The number of rotatable bonds is 8. The molecule has 0 radical (unpaired) electrons. The van der Waals surface area contributed by atoms with E-state index in [0.29, 0.717) is 18.9 Å². The van der Waals surface area contributed by atoms with E-state index in [-0.39, 0.29) is 55.0 Å². The minimum Gasteiger partial charge on any atom is -0.497 e. The number of hydrogen-bond donors (Lipinski definition) is 2. The van der Waals surface area contributed by atoms with Crippen molar-refractivity contribution in [2.75, 3.05) is 33.5 Å². The lowest BCUT2D eigenvalue weighted by Crippen LogP contribution is -2.42. The lowest BCUT2D eigenvalue weighted by molar-refractivity contribution is -0.138. The van der Waals surface area contributed by atoms with Crippen LogP contribution in [0.4, 0.5) is 10.1 Å². The number of Topliss-reactive ketones (excluding diaryl/α,β-unsaturated/α-hetero) is 1. The molecule has 0 spiro atoms. The highest BCUT2D eigenvalue weighted by Crippen LogP contribution is 2.36. The van der Waals surface area contributed by atoms with Crippen LogP contribution in [0.25, 0.3) is 0 Å². The summed E-state index contributed by atoms with van der Waals surface area (Å²) in [5, 5.41) is 2.75. The van der Waals surface area contributed by atoms with E-state index in [0.717, 1.165) is 11.6 Å². The maximum absolute atomic E-state index is 14.5. The predicted octanol–water partition coefficient (Wildman–Crippen LogP) is 1.93. The molecule has 2 atom stereocenters. The van der Waals surface area contributed by atoms with Gasteiger partial charge in [-0.25, -0.2) is 9.38 Å². The van der Waals surface area contributed by atoms with Crippen molar-refractivity contribution in [3.63, 3.8) is 0 Å². The standard InChI is InChI=1S/C24H26FN3O6/c1-31-15-4-2-3-14(7-15)10-27-24(30)20-8-21(29)22-19(28-20)6-5-18(25)23(22)34-13-17-12-32-16(9-26)11-33-17/h2-7,16-17H,8-13,26H2,1H3,(H,27,30)/t16-,17-/m0/s1. The van der Waals surface area contributed by atoms with E-state index in [4.69, 9.17) is 24.7 Å². The number of ketones is 1. The number of aliphatic imine (C=N–C) groups is 1. The molecule has 2 aromatic carbocycles. The molecule has 10 heteroatoms. The zero-order valence-electron chi connectivity index (χ0n) is 18.7. The number of carbonyl (C=O) groups excluding carboxylic acids is 2. The number of methoxy groups -OCH3 is 1. The van der Waals surface area contributed by atoms with E-state index in [1.54, 1.807) is 19.2 Å². The van der Waals surface area contributed by atoms with Crippen LogP contribution in [-0.2, 0) is 20.8 Å². The fraction of sp³-hybridized carbons (Fsp3) is 0.375. The number of halogens is 1. The number of ether oxygens (including phenoxy) is 4. The Morgan fingerprint density at radius 1 is 1.24 bits per heavy atom. The molecule has 2 aliphatic rings. The molecule has 0 saturated carbocycles. The highest BCUT2D eigenvalue weighted by Gasteiger charge is 2.30. The smallest absolute Gasteiger partial charge is 0.266 e. The molecule has 4 rings (SSSR count). The highest BCUT2D eigenvalue weighted by atomic mass is 19.1. The van der Waals surface area contributed by atoms with Gasteiger partial charge in [0.2, 0.25) is 0 Å². The molecule has 180 valence electrons. The maximum atomic E-state index is 14.5. The molecule has 0 unspecified atom stereocenters. The number of hydrogen-bond acceptors (Lipinski definition) is 8. The largest absolute Gasteiger partial charge is 0.497 e. The Kier molecular flexibility index (Phi) is 7.51. The summed E-state index contributed by atoms with van der Waals surface area (Å²) in [4.78, 5) is 29.8. The van der Waals surface area contributed by atoms with Gasteiger partial charge in [0.15, 0.2) is 17.3 Å². The molecule has 1 fully saturated rings. The normalized spacial score (nSPS) is 19.7. The summed E-state index contributed by atoms with van der Waals surface area (Å²) < 4.78 is 36.5. The van der Waals surface area contributed by atoms with E-state index in [1.807, 2.05) is 12.1 Å². The third-order valence-electron chi connectivity index (χ3n) is 5.51. The first-order valence-corrected chi connectivity index (χ1v) is 10.9. The summed E-state index contributed by atoms with van der Waals surface area (Å²) >= 11 is 0. The van der Waals surface area contributed by atoms with Gasteiger partial charge in [0.1, 0.15) is 24.2 Å². The Labute approximate surface area is 196 Å². The quantitative estimate of drug-likeness (QED) is 0.603. The van der Waals surface area contributed by atoms with Crippen molar-refractivity contribution in [2.45, 2.75) is 25.2 Å². The Balaban J connectivity index is 1.44. The van der Waals surface area contributed by atoms with Crippen molar-refractivity contribution < 1.29 is 32.9 Å². The summed E-state index contributed by atoms with van der Waals surface area (Å²) in [5.74, 6) is -1.15. The Morgan fingerprint density at radius 2 is 2.03 bits per heavy atom. The first-order chi connectivity index (χ1) is 16.5. The van der Waals surface area contributed by atoms with Crippen LogP contribution in [0.15, 0.2) is 41.4 Å². The molecule has 2 aliphatic heterocycles. The fourth-order valence-electron chi connectivity index (χ4n) is 3.67. The summed E-state index contributed by atoms with van der Waals surface area (Å²) in [6, 6.07) is 9.77. The molecule has 0 bridgehead atoms. The summed E-state index contributed by atoms with van der Waals surface area (Å²) in [5.41, 5.74) is 6.63. The number of fused-ring (bicyclic) bond motifs is 1. The van der Waals surface area contributed by atoms with Crippen molar-refractivity contribution in [1.82, 2.24) is 5.32 Å². The zero-order chi connectivity index (χ0) is 24.1. The zero-order valence-corrected chi connectivity index (χ0v) is 18.7. The molecular formula is C24H26FN3O6. The van der Waals surface area contributed by atoms with Gasteiger partial charge in [0.25, 0.3) is 5.91 Å². The number of benzene rings is 2. The average molecular weight is 471 g/mol. The summed E-state index contributed by atoms with van der Waals surface area (Å²) in [6.45, 7) is 1.15. The van der Waals surface area contributed by atoms with Crippen LogP contribution in [0.1, 0.15) is 22.3 Å². The summed E-state index contributed by atoms with van der Waals surface area (Å²) in [6.07, 6.45) is -0.863. The van der Waals surface area contributed by atoms with Crippen LogP contribution in [0, 0.1) is 5.82 Å². The van der Waals surface area contributed by atoms with Gasteiger partial charge >= 0.3 is 0 Å². The number of nitrogens with zero attached hydrogens (tertiary/aromatic N) is 1. The lowest BCUT2D eigenvalue weighted by atomic mass is 9.98. The minimum absolute atomic E-state index is 0.00442. The van der Waals surface area contributed by atoms with Crippen LogP contribution in [0.3, 0.4) is 0 Å². The third-order valence-corrected chi connectivity index (χ3v) is 5.51. The molecule has 1 saturated heterocycles. The van der Waals surface area contributed by atoms with Crippen molar-refractivity contribution in [3.05, 3.63) is 53.3 Å². The van der Waals surface area contributed by atoms with Crippen LogP contribution in [0.5, 0.6) is 11.5 Å². The molecular weight excluding hydrogens is 445 g/mol. The first kappa shape index (κ1) is 23.8. The number of carbonyl (C=O) groups is 2. The molecule has 34 heavy (non-hydrogen) atoms. The summed E-state index contributed by atoms with van der Waals surface area (Å²) in [7, 11) is 1.56. The molecule has 0 aliphatic carbocycles. The molecule has 2 heterocycles.